The van der Waals surface area contributed by atoms with Gasteiger partial charge in [-0.1, -0.05) is 6.92 Å². The van der Waals surface area contributed by atoms with Gasteiger partial charge in [0.2, 0.25) is 10.0 Å². The van der Waals surface area contributed by atoms with Gasteiger partial charge in [0, 0.05) is 25.8 Å². The van der Waals surface area contributed by atoms with E-state index in [1.807, 2.05) is 6.92 Å². The Balaban J connectivity index is 2.66. The molecule has 8 nitrogen and oxygen atoms in total. The summed E-state index contributed by atoms with van der Waals surface area (Å²) in [5.41, 5.74) is 4.92. The van der Waals surface area contributed by atoms with Gasteiger partial charge in [-0.3, -0.25) is 10.1 Å². The molecule has 0 aliphatic carbocycles. The van der Waals surface area contributed by atoms with Crippen molar-refractivity contribution >= 4 is 21.4 Å². The second kappa shape index (κ2) is 7.91. The fourth-order valence-electron chi connectivity index (χ4n) is 1.56. The minimum absolute atomic E-state index is 0.0769. The van der Waals surface area contributed by atoms with Crippen molar-refractivity contribution in [3.8, 4) is 0 Å². The summed E-state index contributed by atoms with van der Waals surface area (Å²) in [4.78, 5) is 9.86. The predicted molar refractivity (Wildman–Crippen MR) is 78.4 cm³/mol. The molecule has 0 radical (unpaired) electrons. The maximum absolute atomic E-state index is 12.0. The first-order valence-corrected chi connectivity index (χ1v) is 7.98. The second-order valence-electron chi connectivity index (χ2n) is 4.34. The predicted octanol–water partition coefficient (Wildman–Crippen LogP) is 1.27. The summed E-state index contributed by atoms with van der Waals surface area (Å²) in [6, 6.07) is 3.39. The number of nitro benzene ring substituents is 1. The van der Waals surface area contributed by atoms with E-state index < -0.39 is 20.6 Å². The van der Waals surface area contributed by atoms with E-state index in [0.29, 0.717) is 19.6 Å². The summed E-state index contributed by atoms with van der Waals surface area (Å²) in [6.07, 6.45) is 1.43. The summed E-state index contributed by atoms with van der Waals surface area (Å²) in [5, 5.41) is 10.8. The highest BCUT2D eigenvalue weighted by molar-refractivity contribution is 7.89. The minimum Gasteiger partial charge on any atom is -0.393 e. The standard InChI is InChI=1S/C12H19N3O5S/c1-2-7-20-8-3-6-14-21(18,19)10-4-5-11(13)12(9-10)15(16)17/h4-5,9,14H,2-3,6-8,13H2,1H3. The molecule has 1 aromatic rings. The van der Waals surface area contributed by atoms with Crippen LogP contribution in [0.5, 0.6) is 0 Å². The Labute approximate surface area is 123 Å². The quantitative estimate of drug-likeness (QED) is 0.306. The molecule has 0 amide bonds. The molecule has 21 heavy (non-hydrogen) atoms. The second-order valence-corrected chi connectivity index (χ2v) is 6.11. The van der Waals surface area contributed by atoms with Crippen LogP contribution in [0.2, 0.25) is 0 Å². The third kappa shape index (κ3) is 5.29. The van der Waals surface area contributed by atoms with Crippen LogP contribution in [0.4, 0.5) is 11.4 Å². The van der Waals surface area contributed by atoms with Gasteiger partial charge in [0.05, 0.1) is 9.82 Å². The summed E-state index contributed by atoms with van der Waals surface area (Å²) >= 11 is 0. The molecule has 9 heteroatoms. The Kier molecular flexibility index (Phi) is 6.53. The van der Waals surface area contributed by atoms with Crippen LogP contribution in [0.3, 0.4) is 0 Å². The molecule has 1 aromatic carbocycles. The van der Waals surface area contributed by atoms with Gasteiger partial charge in [-0.05, 0) is 25.0 Å². The molecular formula is C12H19N3O5S. The molecule has 0 heterocycles. The average molecular weight is 317 g/mol. The van der Waals surface area contributed by atoms with Crippen molar-refractivity contribution in [2.24, 2.45) is 0 Å². The highest BCUT2D eigenvalue weighted by Gasteiger charge is 2.19. The SMILES string of the molecule is CCCOCCCNS(=O)(=O)c1ccc(N)c([N+](=O)[O-])c1. The lowest BCUT2D eigenvalue weighted by Gasteiger charge is -2.07. The van der Waals surface area contributed by atoms with E-state index in [0.717, 1.165) is 12.5 Å². The van der Waals surface area contributed by atoms with Crippen molar-refractivity contribution in [1.82, 2.24) is 4.72 Å². The summed E-state index contributed by atoms with van der Waals surface area (Å²) in [7, 11) is -3.79. The van der Waals surface area contributed by atoms with Crippen molar-refractivity contribution in [3.63, 3.8) is 0 Å². The van der Waals surface area contributed by atoms with Crippen LogP contribution in [0, 0.1) is 10.1 Å². The zero-order valence-electron chi connectivity index (χ0n) is 11.7. The highest BCUT2D eigenvalue weighted by Crippen LogP contribution is 2.24. The first-order valence-electron chi connectivity index (χ1n) is 6.50. The van der Waals surface area contributed by atoms with Crippen LogP contribution in [0.1, 0.15) is 19.8 Å². The zero-order chi connectivity index (χ0) is 15.9. The number of nitrogen functional groups attached to an aromatic ring is 1. The summed E-state index contributed by atoms with van der Waals surface area (Å²) in [5.74, 6) is 0. The average Bonchev–Trinajstić information content (AvgIpc) is 2.42. The molecule has 3 N–H and O–H groups in total. The smallest absolute Gasteiger partial charge is 0.293 e. The lowest BCUT2D eigenvalue weighted by Crippen LogP contribution is -2.25. The zero-order valence-corrected chi connectivity index (χ0v) is 12.6. The van der Waals surface area contributed by atoms with Crippen molar-refractivity contribution in [3.05, 3.63) is 28.3 Å². The van der Waals surface area contributed by atoms with E-state index in [1.54, 1.807) is 0 Å². The minimum atomic E-state index is -3.79. The first kappa shape index (κ1) is 17.3. The van der Waals surface area contributed by atoms with Crippen molar-refractivity contribution in [1.29, 1.82) is 0 Å². The van der Waals surface area contributed by atoms with Crippen LogP contribution in [0.15, 0.2) is 23.1 Å². The summed E-state index contributed by atoms with van der Waals surface area (Å²) < 4.78 is 31.6. The largest absolute Gasteiger partial charge is 0.393 e. The van der Waals surface area contributed by atoms with E-state index in [2.05, 4.69) is 4.72 Å². The third-order valence-electron chi connectivity index (χ3n) is 2.61. The Morgan fingerprint density at radius 1 is 1.38 bits per heavy atom. The van der Waals surface area contributed by atoms with Crippen LogP contribution in [-0.2, 0) is 14.8 Å². The highest BCUT2D eigenvalue weighted by atomic mass is 32.2. The third-order valence-corrected chi connectivity index (χ3v) is 4.07. The molecule has 0 fully saturated rings. The molecule has 1 rings (SSSR count). The van der Waals surface area contributed by atoms with Gasteiger partial charge in [0.1, 0.15) is 5.69 Å². The van der Waals surface area contributed by atoms with Gasteiger partial charge in [-0.2, -0.15) is 0 Å². The van der Waals surface area contributed by atoms with E-state index in [1.165, 1.54) is 12.1 Å². The molecule has 0 saturated heterocycles. The molecule has 0 aliphatic heterocycles. The van der Waals surface area contributed by atoms with Gasteiger partial charge in [0.15, 0.2) is 0 Å². The number of rotatable bonds is 9. The molecule has 0 bridgehead atoms. The number of hydrogen-bond acceptors (Lipinski definition) is 6. The normalized spacial score (nSPS) is 11.5. The number of anilines is 1. The van der Waals surface area contributed by atoms with Gasteiger partial charge in [-0.15, -0.1) is 0 Å². The van der Waals surface area contributed by atoms with Gasteiger partial charge >= 0.3 is 0 Å². The van der Waals surface area contributed by atoms with Gasteiger partial charge in [-0.25, -0.2) is 13.1 Å². The van der Waals surface area contributed by atoms with Crippen molar-refractivity contribution in [2.45, 2.75) is 24.7 Å². The van der Waals surface area contributed by atoms with Crippen molar-refractivity contribution < 1.29 is 18.1 Å². The number of nitro groups is 1. The van der Waals surface area contributed by atoms with Crippen LogP contribution in [-0.4, -0.2) is 33.1 Å². The number of sulfonamides is 1. The van der Waals surface area contributed by atoms with Gasteiger partial charge < -0.3 is 10.5 Å². The molecule has 0 saturated carbocycles. The number of ether oxygens (including phenoxy) is 1. The van der Waals surface area contributed by atoms with E-state index in [-0.39, 0.29) is 17.1 Å². The number of nitrogens with zero attached hydrogens (tertiary/aromatic N) is 1. The number of nitrogens with two attached hydrogens (primary N) is 1. The molecule has 0 atom stereocenters. The number of nitrogens with one attached hydrogen (secondary N) is 1. The van der Waals surface area contributed by atoms with Crippen molar-refractivity contribution in [2.75, 3.05) is 25.5 Å². The topological polar surface area (TPSA) is 125 Å². The lowest BCUT2D eigenvalue weighted by atomic mass is 10.3. The number of hydrogen-bond donors (Lipinski definition) is 2. The molecule has 0 aromatic heterocycles. The molecule has 118 valence electrons. The monoisotopic (exact) mass is 317 g/mol. The van der Waals surface area contributed by atoms with E-state index >= 15 is 0 Å². The Morgan fingerprint density at radius 3 is 2.71 bits per heavy atom. The maximum Gasteiger partial charge on any atom is 0.293 e. The van der Waals surface area contributed by atoms with Crippen LogP contribution < -0.4 is 10.5 Å². The number of benzene rings is 1. The molecule has 0 unspecified atom stereocenters. The van der Waals surface area contributed by atoms with Crippen LogP contribution in [0.25, 0.3) is 0 Å². The Morgan fingerprint density at radius 2 is 2.10 bits per heavy atom. The Bertz CT molecular complexity index is 589. The van der Waals surface area contributed by atoms with Crippen LogP contribution >= 0.6 is 0 Å². The Hall–Kier alpha value is -1.71. The molecule has 0 aliphatic rings. The maximum atomic E-state index is 12.0. The first-order chi connectivity index (χ1) is 9.88. The molecule has 0 spiro atoms. The fourth-order valence-corrected chi connectivity index (χ4v) is 2.65. The van der Waals surface area contributed by atoms with Gasteiger partial charge in [0.25, 0.3) is 5.69 Å². The van der Waals surface area contributed by atoms with E-state index in [9.17, 15) is 18.5 Å². The van der Waals surface area contributed by atoms with E-state index in [4.69, 9.17) is 10.5 Å². The lowest BCUT2D eigenvalue weighted by molar-refractivity contribution is -0.384. The fraction of sp³-hybridized carbons (Fsp3) is 0.500. The molecular weight excluding hydrogens is 298 g/mol. The summed E-state index contributed by atoms with van der Waals surface area (Å²) in [6.45, 7) is 3.27.